The number of aromatic nitrogens is 2. The molecule has 1 heterocycles. The summed E-state index contributed by atoms with van der Waals surface area (Å²) in [5.74, 6) is 1.56. The van der Waals surface area contributed by atoms with E-state index >= 15 is 0 Å². The molecular formula is C10H17ClN2O. The summed E-state index contributed by atoms with van der Waals surface area (Å²) in [4.78, 5) is 4.29. The van der Waals surface area contributed by atoms with Gasteiger partial charge in [-0.3, -0.25) is 0 Å². The van der Waals surface area contributed by atoms with Gasteiger partial charge in [-0.2, -0.15) is 0 Å². The molecule has 3 nitrogen and oxygen atoms in total. The minimum Gasteiger partial charge on any atom is -0.396 e. The molecule has 0 amide bonds. The lowest BCUT2D eigenvalue weighted by Crippen LogP contribution is -2.06. The van der Waals surface area contributed by atoms with Gasteiger partial charge < -0.3 is 9.67 Å². The van der Waals surface area contributed by atoms with E-state index in [1.165, 1.54) is 0 Å². The Morgan fingerprint density at radius 3 is 2.64 bits per heavy atom. The quantitative estimate of drug-likeness (QED) is 0.834. The molecule has 0 bridgehead atoms. The van der Waals surface area contributed by atoms with Gasteiger partial charge in [0.1, 0.15) is 5.82 Å². The van der Waals surface area contributed by atoms with E-state index in [4.69, 9.17) is 16.7 Å². The van der Waals surface area contributed by atoms with Crippen molar-refractivity contribution >= 4 is 11.6 Å². The van der Waals surface area contributed by atoms with E-state index < -0.39 is 0 Å². The molecule has 1 aromatic rings. The predicted octanol–water partition coefficient (Wildman–Crippen LogP) is 1.81. The van der Waals surface area contributed by atoms with Crippen LogP contribution in [-0.2, 0) is 19.9 Å². The lowest BCUT2D eigenvalue weighted by Gasteiger charge is -2.06. The van der Waals surface area contributed by atoms with Crippen molar-refractivity contribution in [3.05, 3.63) is 16.7 Å². The fraction of sp³-hybridized carbons (Fsp3) is 0.700. The first-order chi connectivity index (χ1) is 6.56. The number of rotatable bonds is 4. The van der Waals surface area contributed by atoms with Crippen molar-refractivity contribution in [2.45, 2.75) is 26.7 Å². The first-order valence-corrected chi connectivity index (χ1v) is 5.24. The lowest BCUT2D eigenvalue weighted by atomic mass is 10.1. The Hall–Kier alpha value is -0.540. The van der Waals surface area contributed by atoms with Crippen LogP contribution in [0.1, 0.15) is 25.4 Å². The molecule has 0 aliphatic rings. The Morgan fingerprint density at radius 2 is 2.14 bits per heavy atom. The number of hydrogen-bond donors (Lipinski definition) is 1. The fourth-order valence-corrected chi connectivity index (χ4v) is 1.79. The highest BCUT2D eigenvalue weighted by molar-refractivity contribution is 6.30. The molecule has 14 heavy (non-hydrogen) atoms. The zero-order valence-corrected chi connectivity index (χ0v) is 9.67. The molecular weight excluding hydrogens is 200 g/mol. The van der Waals surface area contributed by atoms with Gasteiger partial charge >= 0.3 is 0 Å². The van der Waals surface area contributed by atoms with Crippen molar-refractivity contribution in [2.24, 2.45) is 13.0 Å². The predicted molar refractivity (Wildman–Crippen MR) is 57.5 cm³/mol. The van der Waals surface area contributed by atoms with Crippen molar-refractivity contribution in [1.82, 2.24) is 9.55 Å². The summed E-state index contributed by atoms with van der Waals surface area (Å²) in [6.07, 6.45) is 1.49. The second-order valence-electron chi connectivity index (χ2n) is 3.90. The Labute approximate surface area is 89.7 Å². The SMILES string of the molecule is CC(C)Cc1nc(Cl)c(CCO)n1C. The van der Waals surface area contributed by atoms with Crippen molar-refractivity contribution in [3.63, 3.8) is 0 Å². The van der Waals surface area contributed by atoms with Gasteiger partial charge in [0.25, 0.3) is 0 Å². The molecule has 0 aliphatic heterocycles. The van der Waals surface area contributed by atoms with E-state index in [2.05, 4.69) is 18.8 Å². The van der Waals surface area contributed by atoms with Gasteiger partial charge in [-0.1, -0.05) is 25.4 Å². The van der Waals surface area contributed by atoms with Crippen LogP contribution in [0.4, 0.5) is 0 Å². The summed E-state index contributed by atoms with van der Waals surface area (Å²) in [6.45, 7) is 4.41. The van der Waals surface area contributed by atoms with Crippen LogP contribution in [0.2, 0.25) is 5.15 Å². The molecule has 0 aliphatic carbocycles. The van der Waals surface area contributed by atoms with Crippen LogP contribution >= 0.6 is 11.6 Å². The van der Waals surface area contributed by atoms with Crippen LogP contribution in [0, 0.1) is 5.92 Å². The standard InChI is InChI=1S/C10H17ClN2O/c1-7(2)6-9-12-10(11)8(4-5-14)13(9)3/h7,14H,4-6H2,1-3H3. The molecule has 80 valence electrons. The molecule has 1 rings (SSSR count). The van der Waals surface area contributed by atoms with E-state index in [1.807, 2.05) is 11.6 Å². The van der Waals surface area contributed by atoms with Crippen LogP contribution in [0.25, 0.3) is 0 Å². The first-order valence-electron chi connectivity index (χ1n) is 4.87. The second-order valence-corrected chi connectivity index (χ2v) is 4.25. The molecule has 0 aromatic carbocycles. The highest BCUT2D eigenvalue weighted by Crippen LogP contribution is 2.18. The molecule has 0 radical (unpaired) electrons. The monoisotopic (exact) mass is 216 g/mol. The smallest absolute Gasteiger partial charge is 0.150 e. The number of nitrogens with zero attached hydrogens (tertiary/aromatic N) is 2. The Balaban J connectivity index is 2.92. The van der Waals surface area contributed by atoms with E-state index in [9.17, 15) is 0 Å². The van der Waals surface area contributed by atoms with Crippen molar-refractivity contribution < 1.29 is 5.11 Å². The molecule has 0 fully saturated rings. The summed E-state index contributed by atoms with van der Waals surface area (Å²) >= 11 is 5.97. The van der Waals surface area contributed by atoms with Gasteiger partial charge in [0, 0.05) is 26.5 Å². The Morgan fingerprint density at radius 1 is 1.50 bits per heavy atom. The summed E-state index contributed by atoms with van der Waals surface area (Å²) in [5.41, 5.74) is 0.921. The van der Waals surface area contributed by atoms with Gasteiger partial charge in [0.2, 0.25) is 0 Å². The van der Waals surface area contributed by atoms with E-state index in [-0.39, 0.29) is 6.61 Å². The number of hydrogen-bond acceptors (Lipinski definition) is 2. The average Bonchev–Trinajstić information content (AvgIpc) is 2.32. The maximum Gasteiger partial charge on any atom is 0.150 e. The molecule has 1 aromatic heterocycles. The van der Waals surface area contributed by atoms with Gasteiger partial charge in [-0.25, -0.2) is 4.98 Å². The summed E-state index contributed by atoms with van der Waals surface area (Å²) in [5, 5.41) is 9.39. The lowest BCUT2D eigenvalue weighted by molar-refractivity contribution is 0.297. The molecule has 0 spiro atoms. The molecule has 4 heteroatoms. The third-order valence-electron chi connectivity index (χ3n) is 2.20. The largest absolute Gasteiger partial charge is 0.396 e. The molecule has 0 atom stereocenters. The highest BCUT2D eigenvalue weighted by atomic mass is 35.5. The summed E-state index contributed by atoms with van der Waals surface area (Å²) < 4.78 is 1.98. The average molecular weight is 217 g/mol. The number of aliphatic hydroxyl groups is 1. The Kier molecular flexibility index (Phi) is 3.96. The first kappa shape index (κ1) is 11.5. The summed E-state index contributed by atoms with van der Waals surface area (Å²) in [6, 6.07) is 0. The van der Waals surface area contributed by atoms with Crippen LogP contribution in [0.15, 0.2) is 0 Å². The zero-order valence-electron chi connectivity index (χ0n) is 8.92. The van der Waals surface area contributed by atoms with Crippen molar-refractivity contribution in [3.8, 4) is 0 Å². The molecule has 0 saturated carbocycles. The van der Waals surface area contributed by atoms with E-state index in [0.29, 0.717) is 17.5 Å². The van der Waals surface area contributed by atoms with Crippen molar-refractivity contribution in [2.75, 3.05) is 6.61 Å². The normalized spacial score (nSPS) is 11.3. The van der Waals surface area contributed by atoms with Gasteiger partial charge in [0.15, 0.2) is 5.15 Å². The molecule has 1 N–H and O–H groups in total. The third kappa shape index (κ3) is 2.49. The van der Waals surface area contributed by atoms with Crippen LogP contribution < -0.4 is 0 Å². The third-order valence-corrected chi connectivity index (χ3v) is 2.50. The molecule has 0 unspecified atom stereocenters. The summed E-state index contributed by atoms with van der Waals surface area (Å²) in [7, 11) is 1.95. The van der Waals surface area contributed by atoms with Crippen molar-refractivity contribution in [1.29, 1.82) is 0 Å². The number of imidazole rings is 1. The van der Waals surface area contributed by atoms with E-state index in [1.54, 1.807) is 0 Å². The Bertz CT molecular complexity index is 307. The maximum absolute atomic E-state index is 8.86. The van der Waals surface area contributed by atoms with Gasteiger partial charge in [0.05, 0.1) is 5.69 Å². The van der Waals surface area contributed by atoms with Gasteiger partial charge in [-0.05, 0) is 5.92 Å². The zero-order chi connectivity index (χ0) is 10.7. The highest BCUT2D eigenvalue weighted by Gasteiger charge is 2.12. The maximum atomic E-state index is 8.86. The molecule has 0 saturated heterocycles. The minimum absolute atomic E-state index is 0.111. The topological polar surface area (TPSA) is 38.1 Å². The second kappa shape index (κ2) is 4.80. The van der Waals surface area contributed by atoms with E-state index in [0.717, 1.165) is 17.9 Å². The number of aliphatic hydroxyl groups excluding tert-OH is 1. The number of halogens is 1. The van der Waals surface area contributed by atoms with Crippen LogP contribution in [0.5, 0.6) is 0 Å². The minimum atomic E-state index is 0.111. The van der Waals surface area contributed by atoms with Crippen LogP contribution in [-0.4, -0.2) is 21.3 Å². The van der Waals surface area contributed by atoms with Gasteiger partial charge in [-0.15, -0.1) is 0 Å². The van der Waals surface area contributed by atoms with Crippen LogP contribution in [0.3, 0.4) is 0 Å². The fourth-order valence-electron chi connectivity index (χ4n) is 1.47.